The van der Waals surface area contributed by atoms with Crippen LogP contribution in [-0.2, 0) is 4.79 Å². The van der Waals surface area contributed by atoms with Crippen molar-refractivity contribution in [1.82, 2.24) is 0 Å². The summed E-state index contributed by atoms with van der Waals surface area (Å²) < 4.78 is 11.6. The van der Waals surface area contributed by atoms with E-state index in [1.807, 2.05) is 6.07 Å². The number of hydrogen-bond acceptors (Lipinski definition) is 7. The van der Waals surface area contributed by atoms with Crippen LogP contribution >= 0.6 is 24.0 Å². The molecule has 7 nitrogen and oxygen atoms in total. The van der Waals surface area contributed by atoms with E-state index in [1.54, 1.807) is 55.5 Å². The number of para-hydroxylation sites is 2. The van der Waals surface area contributed by atoms with Crippen molar-refractivity contribution in [3.05, 3.63) is 80.9 Å². The molecule has 156 valence electrons. The van der Waals surface area contributed by atoms with Crippen LogP contribution in [0.15, 0.2) is 63.9 Å². The Morgan fingerprint density at radius 2 is 1.97 bits per heavy atom. The van der Waals surface area contributed by atoms with Gasteiger partial charge in [-0.2, -0.15) is 0 Å². The van der Waals surface area contributed by atoms with Crippen molar-refractivity contribution in [2.45, 2.75) is 6.92 Å². The Kier molecular flexibility index (Phi) is 5.62. The van der Waals surface area contributed by atoms with Gasteiger partial charge >= 0.3 is 0 Å². The fourth-order valence-electron chi connectivity index (χ4n) is 3.16. The van der Waals surface area contributed by atoms with E-state index in [2.05, 4.69) is 0 Å². The van der Waals surface area contributed by atoms with Crippen LogP contribution < -0.4 is 9.64 Å². The molecule has 1 saturated heterocycles. The Balaban J connectivity index is 1.63. The molecule has 0 radical (unpaired) electrons. The Labute approximate surface area is 187 Å². The standard InChI is InChI=1S/C22H16N2O5S2/c1-13-7-8-14(11-17(13)24(26)27)18-10-9-15(29-18)12-20-21(25)23(22(30)31-20)16-5-3-4-6-19(16)28-2/h3-12H,1-2H3/b20-12+. The normalized spacial score (nSPS) is 15.0. The fraction of sp³-hybridized carbons (Fsp3) is 0.0909. The van der Waals surface area contributed by atoms with Crippen LogP contribution in [0.5, 0.6) is 5.75 Å². The summed E-state index contributed by atoms with van der Waals surface area (Å²) in [6.07, 6.45) is 1.61. The van der Waals surface area contributed by atoms with Crippen LogP contribution in [-0.4, -0.2) is 22.3 Å². The maximum absolute atomic E-state index is 13.0. The Bertz CT molecular complexity index is 1250. The molecule has 3 aromatic rings. The highest BCUT2D eigenvalue weighted by Gasteiger charge is 2.35. The van der Waals surface area contributed by atoms with Crippen LogP contribution in [0.1, 0.15) is 11.3 Å². The summed E-state index contributed by atoms with van der Waals surface area (Å²) in [5, 5.41) is 11.2. The molecular formula is C22H16N2O5S2. The third kappa shape index (κ3) is 3.97. The molecule has 4 rings (SSSR count). The third-order valence-corrected chi connectivity index (χ3v) is 6.01. The minimum Gasteiger partial charge on any atom is -0.495 e. The predicted molar refractivity (Wildman–Crippen MR) is 124 cm³/mol. The first-order valence-corrected chi connectivity index (χ1v) is 10.4. The van der Waals surface area contributed by atoms with Gasteiger partial charge in [-0.25, -0.2) is 0 Å². The number of carbonyl (C=O) groups excluding carboxylic acids is 1. The molecule has 2 heterocycles. The van der Waals surface area contributed by atoms with E-state index in [4.69, 9.17) is 21.4 Å². The second-order valence-electron chi connectivity index (χ2n) is 6.65. The molecule has 31 heavy (non-hydrogen) atoms. The molecule has 1 amide bonds. The quantitative estimate of drug-likeness (QED) is 0.216. The zero-order valence-electron chi connectivity index (χ0n) is 16.5. The van der Waals surface area contributed by atoms with Gasteiger partial charge in [0, 0.05) is 23.3 Å². The number of furan rings is 1. The molecule has 0 atom stereocenters. The Morgan fingerprint density at radius 1 is 1.19 bits per heavy atom. The molecule has 0 saturated carbocycles. The van der Waals surface area contributed by atoms with E-state index in [-0.39, 0.29) is 11.6 Å². The van der Waals surface area contributed by atoms with Gasteiger partial charge in [0.05, 0.1) is 22.6 Å². The minimum absolute atomic E-state index is 0.0214. The van der Waals surface area contributed by atoms with Gasteiger partial charge in [0.1, 0.15) is 17.3 Å². The first kappa shape index (κ1) is 20.8. The van der Waals surface area contributed by atoms with Crippen molar-refractivity contribution in [3.8, 4) is 17.1 Å². The first-order valence-electron chi connectivity index (χ1n) is 9.15. The van der Waals surface area contributed by atoms with E-state index >= 15 is 0 Å². The lowest BCUT2D eigenvalue weighted by Crippen LogP contribution is -2.27. The molecule has 1 aliphatic rings. The highest BCUT2D eigenvalue weighted by Crippen LogP contribution is 2.40. The number of methoxy groups -OCH3 is 1. The summed E-state index contributed by atoms with van der Waals surface area (Å²) in [5.74, 6) is 1.18. The van der Waals surface area contributed by atoms with Gasteiger partial charge in [-0.1, -0.05) is 48.2 Å². The summed E-state index contributed by atoms with van der Waals surface area (Å²) >= 11 is 6.58. The van der Waals surface area contributed by atoms with E-state index in [1.165, 1.54) is 29.8 Å². The number of ether oxygens (including phenoxy) is 1. The predicted octanol–water partition coefficient (Wildman–Crippen LogP) is 5.58. The van der Waals surface area contributed by atoms with Gasteiger partial charge in [0.25, 0.3) is 11.6 Å². The number of hydrogen-bond donors (Lipinski definition) is 0. The number of benzene rings is 2. The topological polar surface area (TPSA) is 85.8 Å². The number of thiocarbonyl (C=S) groups is 1. The summed E-state index contributed by atoms with van der Waals surface area (Å²) in [4.78, 5) is 25.6. The molecule has 0 spiro atoms. The van der Waals surface area contributed by atoms with Gasteiger partial charge in [0.2, 0.25) is 0 Å². The zero-order valence-corrected chi connectivity index (χ0v) is 18.2. The van der Waals surface area contributed by atoms with Crippen molar-refractivity contribution in [3.63, 3.8) is 0 Å². The molecule has 0 bridgehead atoms. The number of anilines is 1. The second-order valence-corrected chi connectivity index (χ2v) is 8.33. The molecule has 0 aliphatic carbocycles. The summed E-state index contributed by atoms with van der Waals surface area (Å²) in [6.45, 7) is 1.68. The minimum atomic E-state index is -0.425. The number of rotatable bonds is 5. The average Bonchev–Trinajstić information content (AvgIpc) is 3.32. The summed E-state index contributed by atoms with van der Waals surface area (Å²) in [5.41, 5.74) is 1.75. The number of carbonyl (C=O) groups is 1. The molecular weight excluding hydrogens is 436 g/mol. The fourth-order valence-corrected chi connectivity index (χ4v) is 4.43. The zero-order chi connectivity index (χ0) is 22.1. The van der Waals surface area contributed by atoms with E-state index < -0.39 is 4.92 Å². The van der Waals surface area contributed by atoms with Crippen LogP contribution in [0.3, 0.4) is 0 Å². The van der Waals surface area contributed by atoms with Crippen LogP contribution in [0.25, 0.3) is 17.4 Å². The first-order chi connectivity index (χ1) is 14.9. The number of nitrogens with zero attached hydrogens (tertiary/aromatic N) is 2. The molecule has 1 fully saturated rings. The van der Waals surface area contributed by atoms with E-state index in [0.717, 1.165) is 0 Å². The number of thioether (sulfide) groups is 1. The summed E-state index contributed by atoms with van der Waals surface area (Å²) in [7, 11) is 1.53. The van der Waals surface area contributed by atoms with Gasteiger partial charge < -0.3 is 9.15 Å². The van der Waals surface area contributed by atoms with Crippen LogP contribution in [0, 0.1) is 17.0 Å². The lowest BCUT2D eigenvalue weighted by atomic mass is 10.1. The monoisotopic (exact) mass is 452 g/mol. The maximum Gasteiger partial charge on any atom is 0.273 e. The van der Waals surface area contributed by atoms with E-state index in [9.17, 15) is 14.9 Å². The van der Waals surface area contributed by atoms with Gasteiger partial charge in [-0.15, -0.1) is 0 Å². The lowest BCUT2D eigenvalue weighted by molar-refractivity contribution is -0.385. The molecule has 1 aliphatic heterocycles. The van der Waals surface area contributed by atoms with Crippen molar-refractivity contribution < 1.29 is 18.9 Å². The highest BCUT2D eigenvalue weighted by molar-refractivity contribution is 8.27. The number of nitro groups is 1. The third-order valence-electron chi connectivity index (χ3n) is 4.71. The van der Waals surface area contributed by atoms with Crippen molar-refractivity contribution in [2.75, 3.05) is 12.0 Å². The van der Waals surface area contributed by atoms with Gasteiger partial charge in [0.15, 0.2) is 4.32 Å². The second kappa shape index (κ2) is 8.37. The van der Waals surface area contributed by atoms with Crippen LogP contribution in [0.4, 0.5) is 11.4 Å². The Morgan fingerprint density at radius 3 is 2.71 bits per heavy atom. The smallest absolute Gasteiger partial charge is 0.273 e. The van der Waals surface area contributed by atoms with Crippen molar-refractivity contribution >= 4 is 51.7 Å². The largest absolute Gasteiger partial charge is 0.495 e. The van der Waals surface area contributed by atoms with Crippen molar-refractivity contribution in [2.24, 2.45) is 0 Å². The summed E-state index contributed by atoms with van der Waals surface area (Å²) in [6, 6.07) is 15.5. The van der Waals surface area contributed by atoms with Crippen LogP contribution in [0.2, 0.25) is 0 Å². The van der Waals surface area contributed by atoms with Crippen molar-refractivity contribution in [1.29, 1.82) is 0 Å². The SMILES string of the molecule is COc1ccccc1N1C(=O)/C(=C\c2ccc(-c3ccc(C)c([N+](=O)[O-])c3)o2)SC1=S. The number of amides is 1. The molecule has 0 N–H and O–H groups in total. The molecule has 2 aromatic carbocycles. The van der Waals surface area contributed by atoms with Gasteiger partial charge in [-0.05, 0) is 31.2 Å². The van der Waals surface area contributed by atoms with Gasteiger partial charge in [-0.3, -0.25) is 19.8 Å². The molecule has 1 aromatic heterocycles. The maximum atomic E-state index is 13.0. The number of aryl methyl sites for hydroxylation is 1. The average molecular weight is 453 g/mol. The molecule has 0 unspecified atom stereocenters. The van der Waals surface area contributed by atoms with E-state index in [0.29, 0.717) is 43.3 Å². The highest BCUT2D eigenvalue weighted by atomic mass is 32.2. The molecule has 9 heteroatoms. The lowest BCUT2D eigenvalue weighted by Gasteiger charge is -2.17. The Hall–Kier alpha value is -3.43. The number of nitro benzene ring substituents is 1.